The maximum atomic E-state index is 9.65. The number of aromatic hydroxyl groups is 1. The van der Waals surface area contributed by atoms with Gasteiger partial charge >= 0.3 is 0 Å². The first-order valence-corrected chi connectivity index (χ1v) is 5.19. The van der Waals surface area contributed by atoms with E-state index in [4.69, 9.17) is 15.9 Å². The minimum Gasteiger partial charge on any atom is -0.508 e. The number of nitrogens with two attached hydrogens (primary N) is 1. The van der Waals surface area contributed by atoms with Crippen LogP contribution in [0.25, 0.3) is 0 Å². The third-order valence-electron chi connectivity index (χ3n) is 2.34. The number of phenolic OH excluding ortho intramolecular Hbond substituents is 1. The SMILES string of the molecule is Cl.Cl.Nc1ccc(CN(CCO)CCO)c(O)c1. The number of hydrogen-bond acceptors (Lipinski definition) is 5. The van der Waals surface area contributed by atoms with Gasteiger partial charge in [-0.2, -0.15) is 0 Å². The van der Waals surface area contributed by atoms with Crippen LogP contribution in [0.15, 0.2) is 18.2 Å². The Morgan fingerprint density at radius 3 is 2.06 bits per heavy atom. The minimum absolute atomic E-state index is 0. The zero-order valence-corrected chi connectivity index (χ0v) is 11.6. The Labute approximate surface area is 119 Å². The second-order valence-electron chi connectivity index (χ2n) is 3.61. The quantitative estimate of drug-likeness (QED) is 0.578. The molecule has 0 aliphatic carbocycles. The van der Waals surface area contributed by atoms with Crippen molar-refractivity contribution >= 4 is 30.5 Å². The van der Waals surface area contributed by atoms with Crippen LogP contribution in [0.3, 0.4) is 0 Å². The number of benzene rings is 1. The van der Waals surface area contributed by atoms with E-state index >= 15 is 0 Å². The molecule has 0 bridgehead atoms. The molecule has 1 aromatic rings. The Bertz CT molecular complexity index is 334. The Morgan fingerprint density at radius 1 is 1.06 bits per heavy atom. The lowest BCUT2D eigenvalue weighted by Gasteiger charge is -2.20. The van der Waals surface area contributed by atoms with Crippen LogP contribution in [0.4, 0.5) is 5.69 Å². The molecule has 0 unspecified atom stereocenters. The molecule has 106 valence electrons. The van der Waals surface area contributed by atoms with Crippen LogP contribution in [-0.2, 0) is 6.54 Å². The van der Waals surface area contributed by atoms with Crippen LogP contribution < -0.4 is 5.73 Å². The van der Waals surface area contributed by atoms with E-state index in [1.54, 1.807) is 12.1 Å². The van der Waals surface area contributed by atoms with Gasteiger partial charge < -0.3 is 21.1 Å². The van der Waals surface area contributed by atoms with E-state index in [9.17, 15) is 5.11 Å². The molecular formula is C11H20Cl2N2O3. The summed E-state index contributed by atoms with van der Waals surface area (Å²) in [6.07, 6.45) is 0. The molecule has 1 aromatic carbocycles. The average Bonchev–Trinajstić information content (AvgIpc) is 2.23. The Hall–Kier alpha value is -0.720. The smallest absolute Gasteiger partial charge is 0.122 e. The van der Waals surface area contributed by atoms with Crippen molar-refractivity contribution in [3.05, 3.63) is 23.8 Å². The molecule has 5 N–H and O–H groups in total. The summed E-state index contributed by atoms with van der Waals surface area (Å²) in [7, 11) is 0. The number of halogens is 2. The first kappa shape index (κ1) is 19.6. The van der Waals surface area contributed by atoms with Crippen molar-refractivity contribution in [2.45, 2.75) is 6.54 Å². The van der Waals surface area contributed by atoms with Gasteiger partial charge in [-0.3, -0.25) is 4.90 Å². The highest BCUT2D eigenvalue weighted by Gasteiger charge is 2.08. The summed E-state index contributed by atoms with van der Waals surface area (Å²) in [5.74, 6) is 0.140. The summed E-state index contributed by atoms with van der Waals surface area (Å²) in [5.41, 5.74) is 6.77. The molecular weight excluding hydrogens is 279 g/mol. The lowest BCUT2D eigenvalue weighted by Crippen LogP contribution is -2.29. The monoisotopic (exact) mass is 298 g/mol. The van der Waals surface area contributed by atoms with Crippen molar-refractivity contribution in [3.8, 4) is 5.75 Å². The van der Waals surface area contributed by atoms with Gasteiger partial charge in [0.2, 0.25) is 0 Å². The largest absolute Gasteiger partial charge is 0.508 e. The van der Waals surface area contributed by atoms with E-state index in [2.05, 4.69) is 0 Å². The number of phenols is 1. The van der Waals surface area contributed by atoms with Gasteiger partial charge in [0.1, 0.15) is 5.75 Å². The number of hydrogen-bond donors (Lipinski definition) is 4. The molecule has 0 saturated carbocycles. The van der Waals surface area contributed by atoms with Crippen LogP contribution in [-0.4, -0.2) is 46.5 Å². The second-order valence-corrected chi connectivity index (χ2v) is 3.61. The highest BCUT2D eigenvalue weighted by molar-refractivity contribution is 5.85. The third kappa shape index (κ3) is 6.28. The first-order chi connectivity index (χ1) is 7.67. The summed E-state index contributed by atoms with van der Waals surface area (Å²) < 4.78 is 0. The summed E-state index contributed by atoms with van der Waals surface area (Å²) in [6, 6.07) is 4.95. The fraction of sp³-hybridized carbons (Fsp3) is 0.455. The van der Waals surface area contributed by atoms with Gasteiger partial charge in [-0.1, -0.05) is 6.07 Å². The predicted octanol–water partition coefficient (Wildman–Crippen LogP) is 0.605. The van der Waals surface area contributed by atoms with Crippen molar-refractivity contribution < 1.29 is 15.3 Å². The Morgan fingerprint density at radius 2 is 1.61 bits per heavy atom. The molecule has 5 nitrogen and oxygen atoms in total. The molecule has 1 rings (SSSR count). The lowest BCUT2D eigenvalue weighted by molar-refractivity contribution is 0.155. The number of anilines is 1. The van der Waals surface area contributed by atoms with Gasteiger partial charge in [-0.25, -0.2) is 0 Å². The fourth-order valence-corrected chi connectivity index (χ4v) is 1.51. The molecule has 0 aliphatic rings. The summed E-state index contributed by atoms with van der Waals surface area (Å²) in [5, 5.41) is 27.3. The van der Waals surface area contributed by atoms with E-state index in [1.165, 1.54) is 6.07 Å². The van der Waals surface area contributed by atoms with Gasteiger partial charge in [-0.05, 0) is 6.07 Å². The van der Waals surface area contributed by atoms with Gasteiger partial charge in [-0.15, -0.1) is 24.8 Å². The third-order valence-corrected chi connectivity index (χ3v) is 2.34. The molecule has 0 radical (unpaired) electrons. The molecule has 0 atom stereocenters. The van der Waals surface area contributed by atoms with Crippen LogP contribution in [0, 0.1) is 0 Å². The zero-order valence-electron chi connectivity index (χ0n) is 9.95. The molecule has 0 aliphatic heterocycles. The van der Waals surface area contributed by atoms with Crippen LogP contribution in [0.1, 0.15) is 5.56 Å². The standard InChI is InChI=1S/C11H18N2O3.2ClH/c12-10-2-1-9(11(16)7-10)8-13(3-5-14)4-6-15;;/h1-2,7,14-16H,3-6,8,12H2;2*1H. The van der Waals surface area contributed by atoms with Gasteiger partial charge in [0.15, 0.2) is 0 Å². The molecule has 7 heteroatoms. The number of aliphatic hydroxyl groups excluding tert-OH is 2. The van der Waals surface area contributed by atoms with Crippen LogP contribution >= 0.6 is 24.8 Å². The fourth-order valence-electron chi connectivity index (χ4n) is 1.51. The summed E-state index contributed by atoms with van der Waals surface area (Å²) in [6.45, 7) is 1.45. The Balaban J connectivity index is 0. The predicted molar refractivity (Wildman–Crippen MR) is 76.5 cm³/mol. The van der Waals surface area contributed by atoms with E-state index < -0.39 is 0 Å². The molecule has 0 aromatic heterocycles. The Kier molecular flexibility index (Phi) is 11.1. The molecule has 0 fully saturated rings. The van der Waals surface area contributed by atoms with Crippen molar-refractivity contribution in [2.24, 2.45) is 0 Å². The molecule has 18 heavy (non-hydrogen) atoms. The number of nitrogens with zero attached hydrogens (tertiary/aromatic N) is 1. The number of aliphatic hydroxyl groups is 2. The maximum Gasteiger partial charge on any atom is 0.122 e. The second kappa shape index (κ2) is 10.2. The zero-order chi connectivity index (χ0) is 12.0. The van der Waals surface area contributed by atoms with E-state index in [1.807, 2.05) is 4.90 Å². The minimum atomic E-state index is 0. The lowest BCUT2D eigenvalue weighted by atomic mass is 10.1. The highest BCUT2D eigenvalue weighted by Crippen LogP contribution is 2.21. The van der Waals surface area contributed by atoms with Crippen LogP contribution in [0.5, 0.6) is 5.75 Å². The van der Waals surface area contributed by atoms with E-state index in [0.717, 1.165) is 5.56 Å². The normalized spacial score (nSPS) is 9.72. The first-order valence-electron chi connectivity index (χ1n) is 5.19. The number of nitrogen functional groups attached to an aromatic ring is 1. The van der Waals surface area contributed by atoms with Gasteiger partial charge in [0.05, 0.1) is 13.2 Å². The van der Waals surface area contributed by atoms with E-state index in [0.29, 0.717) is 25.3 Å². The molecule has 0 saturated heterocycles. The van der Waals surface area contributed by atoms with Gasteiger partial charge in [0.25, 0.3) is 0 Å². The topological polar surface area (TPSA) is 90.0 Å². The van der Waals surface area contributed by atoms with Crippen molar-refractivity contribution in [1.29, 1.82) is 0 Å². The average molecular weight is 299 g/mol. The van der Waals surface area contributed by atoms with Crippen molar-refractivity contribution in [1.82, 2.24) is 4.90 Å². The molecule has 0 spiro atoms. The van der Waals surface area contributed by atoms with Gasteiger partial charge in [0, 0.05) is 37.0 Å². The number of rotatable bonds is 6. The van der Waals surface area contributed by atoms with E-state index in [-0.39, 0.29) is 43.8 Å². The molecule has 0 amide bonds. The summed E-state index contributed by atoms with van der Waals surface area (Å²) in [4.78, 5) is 1.85. The highest BCUT2D eigenvalue weighted by atomic mass is 35.5. The molecule has 0 heterocycles. The van der Waals surface area contributed by atoms with Crippen molar-refractivity contribution in [3.63, 3.8) is 0 Å². The van der Waals surface area contributed by atoms with Crippen molar-refractivity contribution in [2.75, 3.05) is 32.0 Å². The van der Waals surface area contributed by atoms with Crippen LogP contribution in [0.2, 0.25) is 0 Å². The maximum absolute atomic E-state index is 9.65. The summed E-state index contributed by atoms with van der Waals surface area (Å²) >= 11 is 0.